The number of para-hydroxylation sites is 1. The van der Waals surface area contributed by atoms with Crippen LogP contribution in [0.4, 0.5) is 0 Å². The Bertz CT molecular complexity index is 602. The quantitative estimate of drug-likeness (QED) is 0.877. The van der Waals surface area contributed by atoms with E-state index in [1.807, 2.05) is 30.5 Å². The summed E-state index contributed by atoms with van der Waals surface area (Å²) in [5.41, 5.74) is 1.77. The highest BCUT2D eigenvalue weighted by molar-refractivity contribution is 6.06. The summed E-state index contributed by atoms with van der Waals surface area (Å²) in [6.45, 7) is 3.11. The molecule has 2 unspecified atom stereocenters. The predicted octanol–water partition coefficient (Wildman–Crippen LogP) is 3.72. The van der Waals surface area contributed by atoms with Crippen molar-refractivity contribution in [3.05, 3.63) is 36.0 Å². The second-order valence-corrected chi connectivity index (χ2v) is 5.98. The Hall–Kier alpha value is -1.77. The van der Waals surface area contributed by atoms with E-state index in [2.05, 4.69) is 17.2 Å². The van der Waals surface area contributed by atoms with Crippen LogP contribution in [0.15, 0.2) is 30.5 Å². The smallest absolute Gasteiger partial charge is 0.253 e. The fraction of sp³-hybridized carbons (Fsp3) is 0.471. The molecule has 1 aromatic carbocycles. The number of fused-ring (bicyclic) bond motifs is 1. The number of carbonyl (C=O) groups is 1. The largest absolute Gasteiger partial charge is 0.360 e. The number of nitrogens with one attached hydrogen (secondary N) is 2. The average Bonchev–Trinajstić information content (AvgIpc) is 2.90. The van der Waals surface area contributed by atoms with Crippen LogP contribution in [0.5, 0.6) is 0 Å². The molecule has 3 heteroatoms. The first-order valence-electron chi connectivity index (χ1n) is 7.60. The standard InChI is InChI=1S/C17H22N2O/c1-12-6-2-3-7-13(12)10-19-17(20)15-11-18-16-9-5-4-8-14(15)16/h4-5,8-9,11-13,18H,2-3,6-7,10H2,1H3,(H,19,20). The monoisotopic (exact) mass is 270 g/mol. The second-order valence-electron chi connectivity index (χ2n) is 5.98. The van der Waals surface area contributed by atoms with Crippen molar-refractivity contribution in [3.63, 3.8) is 0 Å². The Balaban J connectivity index is 1.67. The van der Waals surface area contributed by atoms with E-state index < -0.39 is 0 Å². The van der Waals surface area contributed by atoms with Crippen LogP contribution in [0.2, 0.25) is 0 Å². The molecule has 1 aromatic heterocycles. The zero-order valence-corrected chi connectivity index (χ0v) is 12.0. The molecule has 2 atom stereocenters. The molecule has 0 aliphatic heterocycles. The van der Waals surface area contributed by atoms with Crippen molar-refractivity contribution >= 4 is 16.8 Å². The number of rotatable bonds is 3. The molecule has 1 amide bonds. The van der Waals surface area contributed by atoms with E-state index in [9.17, 15) is 4.79 Å². The van der Waals surface area contributed by atoms with E-state index in [-0.39, 0.29) is 5.91 Å². The van der Waals surface area contributed by atoms with Gasteiger partial charge in [0.1, 0.15) is 0 Å². The van der Waals surface area contributed by atoms with Crippen molar-refractivity contribution in [3.8, 4) is 0 Å². The molecule has 106 valence electrons. The van der Waals surface area contributed by atoms with Gasteiger partial charge in [-0.3, -0.25) is 4.79 Å². The Morgan fingerprint density at radius 1 is 1.30 bits per heavy atom. The van der Waals surface area contributed by atoms with E-state index >= 15 is 0 Å². The highest BCUT2D eigenvalue weighted by atomic mass is 16.1. The SMILES string of the molecule is CC1CCCCC1CNC(=O)c1c[nH]c2ccccc12. The first kappa shape index (κ1) is 13.2. The minimum atomic E-state index is 0.0419. The van der Waals surface area contributed by atoms with Gasteiger partial charge in [-0.05, 0) is 24.3 Å². The van der Waals surface area contributed by atoms with Crippen LogP contribution in [-0.2, 0) is 0 Å². The highest BCUT2D eigenvalue weighted by Crippen LogP contribution is 2.29. The fourth-order valence-corrected chi connectivity index (χ4v) is 3.27. The Morgan fingerprint density at radius 3 is 2.95 bits per heavy atom. The molecule has 3 nitrogen and oxygen atoms in total. The third-order valence-corrected chi connectivity index (χ3v) is 4.65. The summed E-state index contributed by atoms with van der Waals surface area (Å²) < 4.78 is 0. The molecule has 0 spiro atoms. The molecule has 1 fully saturated rings. The van der Waals surface area contributed by atoms with Crippen LogP contribution in [0.1, 0.15) is 43.0 Å². The van der Waals surface area contributed by atoms with Gasteiger partial charge in [-0.1, -0.05) is 44.4 Å². The summed E-state index contributed by atoms with van der Waals surface area (Å²) in [5.74, 6) is 1.41. The van der Waals surface area contributed by atoms with Crippen molar-refractivity contribution < 1.29 is 4.79 Å². The van der Waals surface area contributed by atoms with Gasteiger partial charge in [0, 0.05) is 23.6 Å². The molecule has 1 heterocycles. The molecule has 1 aliphatic rings. The first-order valence-corrected chi connectivity index (χ1v) is 7.60. The molecular weight excluding hydrogens is 248 g/mol. The van der Waals surface area contributed by atoms with Crippen molar-refractivity contribution in [1.82, 2.24) is 10.3 Å². The fourth-order valence-electron chi connectivity index (χ4n) is 3.27. The van der Waals surface area contributed by atoms with Gasteiger partial charge in [0.2, 0.25) is 0 Å². The average molecular weight is 270 g/mol. The molecule has 2 aromatic rings. The van der Waals surface area contributed by atoms with E-state index in [0.717, 1.165) is 28.9 Å². The van der Waals surface area contributed by atoms with E-state index in [4.69, 9.17) is 0 Å². The van der Waals surface area contributed by atoms with Crippen molar-refractivity contribution in [1.29, 1.82) is 0 Å². The topological polar surface area (TPSA) is 44.9 Å². The summed E-state index contributed by atoms with van der Waals surface area (Å²) >= 11 is 0. The summed E-state index contributed by atoms with van der Waals surface area (Å²) in [5, 5.41) is 4.12. The van der Waals surface area contributed by atoms with Crippen LogP contribution in [0, 0.1) is 11.8 Å². The second kappa shape index (κ2) is 5.70. The number of carbonyl (C=O) groups excluding carboxylic acids is 1. The highest BCUT2D eigenvalue weighted by Gasteiger charge is 2.22. The summed E-state index contributed by atoms with van der Waals surface area (Å²) in [6.07, 6.45) is 7.00. The predicted molar refractivity (Wildman–Crippen MR) is 81.8 cm³/mol. The molecule has 1 aliphatic carbocycles. The molecule has 3 rings (SSSR count). The minimum absolute atomic E-state index is 0.0419. The minimum Gasteiger partial charge on any atom is -0.360 e. The molecule has 1 saturated carbocycles. The lowest BCUT2D eigenvalue weighted by atomic mass is 9.80. The van der Waals surface area contributed by atoms with Gasteiger partial charge in [-0.25, -0.2) is 0 Å². The van der Waals surface area contributed by atoms with Gasteiger partial charge in [-0.2, -0.15) is 0 Å². The lowest BCUT2D eigenvalue weighted by Crippen LogP contribution is -2.33. The van der Waals surface area contributed by atoms with Gasteiger partial charge < -0.3 is 10.3 Å². The molecule has 20 heavy (non-hydrogen) atoms. The van der Waals surface area contributed by atoms with Crippen LogP contribution in [0.3, 0.4) is 0 Å². The van der Waals surface area contributed by atoms with E-state index in [0.29, 0.717) is 5.92 Å². The Kier molecular flexibility index (Phi) is 3.77. The molecule has 0 bridgehead atoms. The van der Waals surface area contributed by atoms with Crippen molar-refractivity contribution in [2.45, 2.75) is 32.6 Å². The number of aromatic nitrogens is 1. The number of benzene rings is 1. The third-order valence-electron chi connectivity index (χ3n) is 4.65. The number of hydrogen-bond donors (Lipinski definition) is 2. The van der Waals surface area contributed by atoms with Gasteiger partial charge >= 0.3 is 0 Å². The number of H-pyrrole nitrogens is 1. The van der Waals surface area contributed by atoms with Crippen LogP contribution in [0.25, 0.3) is 10.9 Å². The molecule has 2 N–H and O–H groups in total. The lowest BCUT2D eigenvalue weighted by molar-refractivity contribution is 0.0938. The van der Waals surface area contributed by atoms with Crippen molar-refractivity contribution in [2.75, 3.05) is 6.54 Å². The summed E-state index contributed by atoms with van der Waals surface area (Å²) in [6, 6.07) is 7.93. The number of hydrogen-bond acceptors (Lipinski definition) is 1. The van der Waals surface area contributed by atoms with E-state index in [1.165, 1.54) is 25.7 Å². The third kappa shape index (κ3) is 2.58. The van der Waals surface area contributed by atoms with Gasteiger partial charge in [0.05, 0.1) is 5.56 Å². The van der Waals surface area contributed by atoms with Gasteiger partial charge in [0.25, 0.3) is 5.91 Å². The molecule has 0 radical (unpaired) electrons. The maximum Gasteiger partial charge on any atom is 0.253 e. The summed E-state index contributed by atoms with van der Waals surface area (Å²) in [4.78, 5) is 15.5. The molecular formula is C17H22N2O. The lowest BCUT2D eigenvalue weighted by Gasteiger charge is -2.28. The van der Waals surface area contributed by atoms with Crippen molar-refractivity contribution in [2.24, 2.45) is 11.8 Å². The zero-order chi connectivity index (χ0) is 13.9. The number of amides is 1. The molecule has 0 saturated heterocycles. The van der Waals surface area contributed by atoms with Crippen LogP contribution in [-0.4, -0.2) is 17.4 Å². The van der Waals surface area contributed by atoms with Gasteiger partial charge in [0.15, 0.2) is 0 Å². The van der Waals surface area contributed by atoms with E-state index in [1.54, 1.807) is 0 Å². The maximum atomic E-state index is 12.3. The normalized spacial score (nSPS) is 22.9. The number of aromatic amines is 1. The maximum absolute atomic E-state index is 12.3. The Morgan fingerprint density at radius 2 is 2.10 bits per heavy atom. The first-order chi connectivity index (χ1) is 9.75. The van der Waals surface area contributed by atoms with Crippen LogP contribution < -0.4 is 5.32 Å². The Labute approximate surface area is 119 Å². The zero-order valence-electron chi connectivity index (χ0n) is 12.0. The summed E-state index contributed by atoms with van der Waals surface area (Å²) in [7, 11) is 0. The van der Waals surface area contributed by atoms with Crippen LogP contribution >= 0.6 is 0 Å². The van der Waals surface area contributed by atoms with Gasteiger partial charge in [-0.15, -0.1) is 0 Å².